The molecule has 128 valence electrons. The smallest absolute Gasteiger partial charge is 0.337 e. The number of carbonyl (C=O) groups excluding carboxylic acids is 1. The maximum atomic E-state index is 11.7. The summed E-state index contributed by atoms with van der Waals surface area (Å²) >= 11 is 0. The Balaban J connectivity index is 1.92. The van der Waals surface area contributed by atoms with Crippen LogP contribution < -0.4 is 0 Å². The summed E-state index contributed by atoms with van der Waals surface area (Å²) in [5, 5.41) is 5.71. The second-order valence-corrected chi connectivity index (χ2v) is 6.11. The lowest BCUT2D eigenvalue weighted by Gasteiger charge is -2.05. The minimum atomic E-state index is -0.311. The van der Waals surface area contributed by atoms with Gasteiger partial charge in [0.25, 0.3) is 0 Å². The molecule has 0 radical (unpaired) electrons. The van der Waals surface area contributed by atoms with Gasteiger partial charge in [-0.15, -0.1) is 12.3 Å². The van der Waals surface area contributed by atoms with Crippen LogP contribution in [0.3, 0.4) is 0 Å². The van der Waals surface area contributed by atoms with Crippen LogP contribution in [0.1, 0.15) is 61.0 Å². The van der Waals surface area contributed by atoms with Gasteiger partial charge in [0.2, 0.25) is 0 Å². The predicted molar refractivity (Wildman–Crippen MR) is 97.0 cm³/mol. The van der Waals surface area contributed by atoms with Crippen molar-refractivity contribution >= 4 is 16.9 Å². The van der Waals surface area contributed by atoms with Gasteiger partial charge >= 0.3 is 5.97 Å². The second kappa shape index (κ2) is 9.12. The van der Waals surface area contributed by atoms with E-state index in [-0.39, 0.29) is 5.97 Å². The van der Waals surface area contributed by atoms with E-state index in [1.165, 1.54) is 32.8 Å². The van der Waals surface area contributed by atoms with Gasteiger partial charge in [-0.05, 0) is 31.9 Å². The predicted octanol–water partition coefficient (Wildman–Crippen LogP) is 4.50. The summed E-state index contributed by atoms with van der Waals surface area (Å²) in [6.07, 6.45) is 13.2. The van der Waals surface area contributed by atoms with E-state index in [9.17, 15) is 4.79 Å². The highest BCUT2D eigenvalue weighted by Gasteiger charge is 2.11. The van der Waals surface area contributed by atoms with Gasteiger partial charge in [0.05, 0.1) is 23.9 Å². The van der Waals surface area contributed by atoms with Crippen LogP contribution in [-0.4, -0.2) is 22.9 Å². The standard InChI is InChI=1S/C20H26N2O2/c1-4-5-6-7-8-9-10-11-14-22-19-15-17(20(23)24-3)12-13-18(19)16(2)21-22/h1,12-13,15H,5-11,14H2,2-3H3. The maximum Gasteiger partial charge on any atom is 0.337 e. The number of fused-ring (bicyclic) bond motifs is 1. The number of esters is 1. The van der Waals surface area contributed by atoms with E-state index in [0.29, 0.717) is 5.56 Å². The molecule has 0 amide bonds. The van der Waals surface area contributed by atoms with Gasteiger partial charge in [-0.25, -0.2) is 4.79 Å². The molecule has 0 N–H and O–H groups in total. The Kier molecular flexibility index (Phi) is 6.87. The van der Waals surface area contributed by atoms with Gasteiger partial charge in [0.15, 0.2) is 0 Å². The molecule has 0 fully saturated rings. The molecular weight excluding hydrogens is 300 g/mol. The van der Waals surface area contributed by atoms with Crippen LogP contribution in [-0.2, 0) is 11.3 Å². The Labute approximate surface area is 144 Å². The molecule has 4 nitrogen and oxygen atoms in total. The Bertz CT molecular complexity index is 725. The molecule has 0 bridgehead atoms. The quantitative estimate of drug-likeness (QED) is 0.387. The monoisotopic (exact) mass is 326 g/mol. The van der Waals surface area contributed by atoms with Crippen molar-refractivity contribution < 1.29 is 9.53 Å². The van der Waals surface area contributed by atoms with E-state index in [2.05, 4.69) is 11.0 Å². The van der Waals surface area contributed by atoms with Crippen molar-refractivity contribution in [3.05, 3.63) is 29.5 Å². The van der Waals surface area contributed by atoms with Crippen molar-refractivity contribution in [2.24, 2.45) is 0 Å². The summed E-state index contributed by atoms with van der Waals surface area (Å²) in [6.45, 7) is 2.88. The van der Waals surface area contributed by atoms with Crippen molar-refractivity contribution in [3.63, 3.8) is 0 Å². The molecule has 0 spiro atoms. The zero-order chi connectivity index (χ0) is 17.4. The number of hydrogen-bond donors (Lipinski definition) is 0. The minimum absolute atomic E-state index is 0.311. The van der Waals surface area contributed by atoms with Gasteiger partial charge in [0.1, 0.15) is 0 Å². The largest absolute Gasteiger partial charge is 0.465 e. The fourth-order valence-electron chi connectivity index (χ4n) is 2.95. The van der Waals surface area contributed by atoms with E-state index in [1.54, 1.807) is 6.07 Å². The lowest BCUT2D eigenvalue weighted by Crippen LogP contribution is -2.03. The number of aryl methyl sites for hydroxylation is 2. The number of unbranched alkanes of at least 4 members (excludes halogenated alkanes) is 6. The summed E-state index contributed by atoms with van der Waals surface area (Å²) in [5.41, 5.74) is 2.57. The van der Waals surface area contributed by atoms with Crippen LogP contribution in [0.15, 0.2) is 18.2 Å². The van der Waals surface area contributed by atoms with Gasteiger partial charge in [-0.3, -0.25) is 4.68 Å². The minimum Gasteiger partial charge on any atom is -0.465 e. The molecule has 1 heterocycles. The summed E-state index contributed by atoms with van der Waals surface area (Å²) in [7, 11) is 1.40. The summed E-state index contributed by atoms with van der Waals surface area (Å²) in [6, 6.07) is 5.62. The first-order valence-electron chi connectivity index (χ1n) is 8.66. The van der Waals surface area contributed by atoms with Crippen molar-refractivity contribution in [2.75, 3.05) is 7.11 Å². The third-order valence-corrected chi connectivity index (χ3v) is 4.30. The van der Waals surface area contributed by atoms with Gasteiger partial charge in [0, 0.05) is 18.4 Å². The second-order valence-electron chi connectivity index (χ2n) is 6.11. The maximum absolute atomic E-state index is 11.7. The molecule has 2 aromatic rings. The number of benzene rings is 1. The van der Waals surface area contributed by atoms with Gasteiger partial charge in [-0.2, -0.15) is 5.10 Å². The summed E-state index contributed by atoms with van der Waals surface area (Å²) < 4.78 is 6.81. The highest BCUT2D eigenvalue weighted by molar-refractivity contribution is 5.95. The van der Waals surface area contributed by atoms with Crippen LogP contribution >= 0.6 is 0 Å². The van der Waals surface area contributed by atoms with Crippen LogP contribution in [0, 0.1) is 19.3 Å². The Morgan fingerprint density at radius 3 is 2.62 bits per heavy atom. The SMILES string of the molecule is C#CCCCCCCCCn1nc(C)c2ccc(C(=O)OC)cc21. The molecule has 4 heteroatoms. The first-order valence-corrected chi connectivity index (χ1v) is 8.66. The van der Waals surface area contributed by atoms with Crippen LogP contribution in [0.2, 0.25) is 0 Å². The molecule has 0 aliphatic rings. The highest BCUT2D eigenvalue weighted by Crippen LogP contribution is 2.21. The van der Waals surface area contributed by atoms with Crippen molar-refractivity contribution in [1.29, 1.82) is 0 Å². The van der Waals surface area contributed by atoms with Crippen molar-refractivity contribution in [1.82, 2.24) is 9.78 Å². The lowest BCUT2D eigenvalue weighted by molar-refractivity contribution is 0.0601. The fraction of sp³-hybridized carbons (Fsp3) is 0.500. The fourth-order valence-corrected chi connectivity index (χ4v) is 2.95. The Hall–Kier alpha value is -2.28. The number of carbonyl (C=O) groups is 1. The molecule has 0 aliphatic heterocycles. The normalized spacial score (nSPS) is 10.7. The highest BCUT2D eigenvalue weighted by atomic mass is 16.5. The summed E-state index contributed by atoms with van der Waals surface area (Å²) in [5.74, 6) is 2.37. The first kappa shape index (κ1) is 18.1. The average molecular weight is 326 g/mol. The number of aromatic nitrogens is 2. The third-order valence-electron chi connectivity index (χ3n) is 4.30. The van der Waals surface area contributed by atoms with E-state index in [1.807, 2.05) is 23.7 Å². The van der Waals surface area contributed by atoms with Crippen LogP contribution in [0.4, 0.5) is 0 Å². The molecule has 24 heavy (non-hydrogen) atoms. The van der Waals surface area contributed by atoms with Crippen LogP contribution in [0.5, 0.6) is 0 Å². The topological polar surface area (TPSA) is 44.1 Å². The summed E-state index contributed by atoms with van der Waals surface area (Å²) in [4.78, 5) is 11.7. The molecule has 0 aliphatic carbocycles. The zero-order valence-electron chi connectivity index (χ0n) is 14.7. The number of rotatable bonds is 9. The average Bonchev–Trinajstić information content (AvgIpc) is 2.92. The molecule has 2 rings (SSSR count). The van der Waals surface area contributed by atoms with Gasteiger partial charge < -0.3 is 4.74 Å². The molecule has 0 saturated carbocycles. The first-order chi connectivity index (χ1) is 11.7. The van der Waals surface area contributed by atoms with Crippen molar-refractivity contribution in [2.45, 2.75) is 58.4 Å². The van der Waals surface area contributed by atoms with Crippen molar-refractivity contribution in [3.8, 4) is 12.3 Å². The Morgan fingerprint density at radius 1 is 1.21 bits per heavy atom. The van der Waals surface area contributed by atoms with Crippen LogP contribution in [0.25, 0.3) is 10.9 Å². The molecule has 0 saturated heterocycles. The number of nitrogens with zero attached hydrogens (tertiary/aromatic N) is 2. The molecule has 1 aromatic carbocycles. The number of terminal acetylenes is 1. The number of ether oxygens (including phenoxy) is 1. The number of methoxy groups -OCH3 is 1. The van der Waals surface area contributed by atoms with E-state index in [4.69, 9.17) is 11.2 Å². The third kappa shape index (κ3) is 4.61. The zero-order valence-corrected chi connectivity index (χ0v) is 14.7. The van der Waals surface area contributed by atoms with E-state index < -0.39 is 0 Å². The molecule has 0 atom stereocenters. The molecule has 0 unspecified atom stereocenters. The number of hydrogen-bond acceptors (Lipinski definition) is 3. The lowest BCUT2D eigenvalue weighted by atomic mass is 10.1. The molecular formula is C20H26N2O2. The van der Waals surface area contributed by atoms with Gasteiger partial charge in [-0.1, -0.05) is 31.7 Å². The van der Waals surface area contributed by atoms with E-state index >= 15 is 0 Å². The molecule has 1 aromatic heterocycles. The van der Waals surface area contributed by atoms with E-state index in [0.717, 1.165) is 42.4 Å². The Morgan fingerprint density at radius 2 is 1.92 bits per heavy atom.